The molecule has 0 radical (unpaired) electrons. The second-order valence-corrected chi connectivity index (χ2v) is 6.30. The second-order valence-electron chi connectivity index (χ2n) is 5.86. The third-order valence-corrected chi connectivity index (χ3v) is 3.85. The van der Waals surface area contributed by atoms with Crippen molar-refractivity contribution in [3.8, 4) is 0 Å². The molecule has 0 aromatic heterocycles. The smallest absolute Gasteiger partial charge is 0.00964 e. The zero-order valence-electron chi connectivity index (χ0n) is 11.3. The molecule has 1 rings (SSSR count). The highest BCUT2D eigenvalue weighted by molar-refractivity contribution is 7.80. The van der Waals surface area contributed by atoms with Crippen LogP contribution in [0.25, 0.3) is 0 Å². The van der Waals surface area contributed by atoms with Crippen LogP contribution in [-0.4, -0.2) is 29.8 Å². The van der Waals surface area contributed by atoms with Gasteiger partial charge in [0.2, 0.25) is 0 Å². The summed E-state index contributed by atoms with van der Waals surface area (Å²) >= 11 is 4.31. The second kappa shape index (κ2) is 7.60. The van der Waals surface area contributed by atoms with Crippen molar-refractivity contribution in [2.45, 2.75) is 58.9 Å². The maximum absolute atomic E-state index is 4.31. The molecule has 1 atom stereocenters. The first-order chi connectivity index (χ1) is 7.63. The van der Waals surface area contributed by atoms with Crippen molar-refractivity contribution in [2.24, 2.45) is 11.8 Å². The number of hydrogen-bond acceptors (Lipinski definition) is 2. The van der Waals surface area contributed by atoms with E-state index in [4.69, 9.17) is 0 Å². The van der Waals surface area contributed by atoms with E-state index in [1.807, 2.05) is 0 Å². The first-order valence-corrected chi connectivity index (χ1v) is 7.61. The molecule has 0 saturated heterocycles. The molecular formula is C14H29NS. The SMILES string of the molecule is CC(C)CCN(CCC(C)CCS)C1CC1. The van der Waals surface area contributed by atoms with Crippen LogP contribution >= 0.6 is 12.6 Å². The fraction of sp³-hybridized carbons (Fsp3) is 1.00. The van der Waals surface area contributed by atoms with Crippen molar-refractivity contribution >= 4 is 12.6 Å². The van der Waals surface area contributed by atoms with E-state index in [0.29, 0.717) is 0 Å². The monoisotopic (exact) mass is 243 g/mol. The van der Waals surface area contributed by atoms with Gasteiger partial charge in [-0.25, -0.2) is 0 Å². The van der Waals surface area contributed by atoms with E-state index in [1.165, 1.54) is 45.2 Å². The molecule has 0 aromatic carbocycles. The van der Waals surface area contributed by atoms with Gasteiger partial charge in [0.25, 0.3) is 0 Å². The number of rotatable bonds is 9. The molecule has 0 bridgehead atoms. The summed E-state index contributed by atoms with van der Waals surface area (Å²) in [4.78, 5) is 2.73. The molecule has 1 saturated carbocycles. The van der Waals surface area contributed by atoms with E-state index in [1.54, 1.807) is 0 Å². The van der Waals surface area contributed by atoms with Gasteiger partial charge in [-0.3, -0.25) is 0 Å². The van der Waals surface area contributed by atoms with Gasteiger partial charge >= 0.3 is 0 Å². The van der Waals surface area contributed by atoms with Crippen LogP contribution in [0.15, 0.2) is 0 Å². The van der Waals surface area contributed by atoms with Gasteiger partial charge in [-0.2, -0.15) is 12.6 Å². The molecule has 16 heavy (non-hydrogen) atoms. The van der Waals surface area contributed by atoms with Gasteiger partial charge in [-0.1, -0.05) is 20.8 Å². The average Bonchev–Trinajstić information content (AvgIpc) is 3.01. The van der Waals surface area contributed by atoms with Crippen molar-refractivity contribution in [1.29, 1.82) is 0 Å². The lowest BCUT2D eigenvalue weighted by Gasteiger charge is -2.24. The van der Waals surface area contributed by atoms with E-state index in [2.05, 4.69) is 38.3 Å². The molecule has 1 unspecified atom stereocenters. The first kappa shape index (κ1) is 14.4. The molecular weight excluding hydrogens is 214 g/mol. The zero-order chi connectivity index (χ0) is 12.0. The Morgan fingerprint density at radius 2 is 1.69 bits per heavy atom. The average molecular weight is 243 g/mol. The summed E-state index contributed by atoms with van der Waals surface area (Å²) in [6, 6.07) is 0.932. The van der Waals surface area contributed by atoms with Gasteiger partial charge in [-0.05, 0) is 62.8 Å². The van der Waals surface area contributed by atoms with Gasteiger partial charge in [0.15, 0.2) is 0 Å². The predicted octanol–water partition coefficient (Wildman–Crippen LogP) is 3.84. The summed E-state index contributed by atoms with van der Waals surface area (Å²) in [6.45, 7) is 9.65. The molecule has 0 spiro atoms. The number of thiol groups is 1. The van der Waals surface area contributed by atoms with E-state index >= 15 is 0 Å². The van der Waals surface area contributed by atoms with Gasteiger partial charge in [0.1, 0.15) is 0 Å². The lowest BCUT2D eigenvalue weighted by molar-refractivity contribution is 0.231. The molecule has 0 N–H and O–H groups in total. The van der Waals surface area contributed by atoms with Gasteiger partial charge in [-0.15, -0.1) is 0 Å². The highest BCUT2D eigenvalue weighted by Crippen LogP contribution is 2.28. The van der Waals surface area contributed by atoms with E-state index in [9.17, 15) is 0 Å². The number of nitrogens with zero attached hydrogens (tertiary/aromatic N) is 1. The van der Waals surface area contributed by atoms with Crippen LogP contribution in [0.1, 0.15) is 52.9 Å². The lowest BCUT2D eigenvalue weighted by atomic mass is 10.0. The van der Waals surface area contributed by atoms with Crippen molar-refractivity contribution < 1.29 is 0 Å². The standard InChI is InChI=1S/C14H29NS/c1-12(2)6-9-15(14-4-5-14)10-7-13(3)8-11-16/h12-14,16H,4-11H2,1-3H3. The summed E-state index contributed by atoms with van der Waals surface area (Å²) in [5.74, 6) is 2.73. The minimum absolute atomic E-state index is 0.844. The van der Waals surface area contributed by atoms with Crippen LogP contribution in [0, 0.1) is 11.8 Å². The molecule has 0 aliphatic heterocycles. The minimum atomic E-state index is 0.844. The summed E-state index contributed by atoms with van der Waals surface area (Å²) in [5.41, 5.74) is 0. The van der Waals surface area contributed by atoms with Crippen molar-refractivity contribution in [2.75, 3.05) is 18.8 Å². The molecule has 0 amide bonds. The van der Waals surface area contributed by atoms with E-state index < -0.39 is 0 Å². The zero-order valence-corrected chi connectivity index (χ0v) is 12.2. The number of hydrogen-bond donors (Lipinski definition) is 1. The van der Waals surface area contributed by atoms with E-state index in [-0.39, 0.29) is 0 Å². The molecule has 0 heterocycles. The molecule has 1 fully saturated rings. The third kappa shape index (κ3) is 6.15. The Morgan fingerprint density at radius 3 is 2.19 bits per heavy atom. The largest absolute Gasteiger partial charge is 0.300 e. The molecule has 0 aromatic rings. The third-order valence-electron chi connectivity index (χ3n) is 3.59. The Morgan fingerprint density at radius 1 is 1.06 bits per heavy atom. The summed E-state index contributed by atoms with van der Waals surface area (Å²) in [7, 11) is 0. The topological polar surface area (TPSA) is 3.24 Å². The first-order valence-electron chi connectivity index (χ1n) is 6.98. The molecule has 1 nitrogen and oxygen atoms in total. The Balaban J connectivity index is 2.17. The quantitative estimate of drug-likeness (QED) is 0.602. The lowest BCUT2D eigenvalue weighted by Crippen LogP contribution is -2.30. The summed E-state index contributed by atoms with van der Waals surface area (Å²) in [6.07, 6.45) is 6.87. The van der Waals surface area contributed by atoms with Crippen LogP contribution in [0.2, 0.25) is 0 Å². The summed E-state index contributed by atoms with van der Waals surface area (Å²) in [5, 5.41) is 0. The van der Waals surface area contributed by atoms with Gasteiger partial charge in [0.05, 0.1) is 0 Å². The van der Waals surface area contributed by atoms with Crippen LogP contribution in [0.5, 0.6) is 0 Å². The van der Waals surface area contributed by atoms with Crippen molar-refractivity contribution in [3.05, 3.63) is 0 Å². The highest BCUT2D eigenvalue weighted by atomic mass is 32.1. The van der Waals surface area contributed by atoms with Crippen LogP contribution < -0.4 is 0 Å². The van der Waals surface area contributed by atoms with Gasteiger partial charge in [0, 0.05) is 6.04 Å². The maximum atomic E-state index is 4.31. The molecule has 1 aliphatic carbocycles. The Kier molecular flexibility index (Phi) is 6.83. The fourth-order valence-corrected chi connectivity index (χ4v) is 2.53. The Labute approximate surface area is 107 Å². The van der Waals surface area contributed by atoms with Crippen LogP contribution in [-0.2, 0) is 0 Å². The fourth-order valence-electron chi connectivity index (χ4n) is 2.09. The van der Waals surface area contributed by atoms with Crippen LogP contribution in [0.4, 0.5) is 0 Å². The van der Waals surface area contributed by atoms with Gasteiger partial charge < -0.3 is 4.90 Å². The van der Waals surface area contributed by atoms with Crippen molar-refractivity contribution in [1.82, 2.24) is 4.90 Å². The van der Waals surface area contributed by atoms with Crippen LogP contribution in [0.3, 0.4) is 0 Å². The maximum Gasteiger partial charge on any atom is 0.00964 e. The normalized spacial score (nSPS) is 18.4. The Bertz CT molecular complexity index is 178. The predicted molar refractivity (Wildman–Crippen MR) is 76.3 cm³/mol. The summed E-state index contributed by atoms with van der Waals surface area (Å²) < 4.78 is 0. The molecule has 1 aliphatic rings. The minimum Gasteiger partial charge on any atom is -0.300 e. The Hall–Kier alpha value is 0.310. The highest BCUT2D eigenvalue weighted by Gasteiger charge is 2.28. The molecule has 2 heteroatoms. The van der Waals surface area contributed by atoms with E-state index in [0.717, 1.165) is 23.6 Å². The van der Waals surface area contributed by atoms with Crippen molar-refractivity contribution in [3.63, 3.8) is 0 Å². The molecule has 96 valence electrons.